The highest BCUT2D eigenvalue weighted by Gasteiger charge is 2.41. The molecular formula is C16H22N2O6S. The quantitative estimate of drug-likeness (QED) is 0.785. The van der Waals surface area contributed by atoms with Gasteiger partial charge in [-0.25, -0.2) is 8.42 Å². The third-order valence-electron chi connectivity index (χ3n) is 4.51. The molecule has 2 bridgehead atoms. The molecule has 2 aliphatic heterocycles. The number of aliphatic carboxylic acids is 1. The van der Waals surface area contributed by atoms with Crippen molar-refractivity contribution in [1.29, 1.82) is 0 Å². The first-order chi connectivity index (χ1) is 11.9. The number of carboxylic acids is 1. The molecule has 25 heavy (non-hydrogen) atoms. The molecule has 0 amide bonds. The molecule has 0 aliphatic carbocycles. The Bertz CT molecular complexity index is 738. The van der Waals surface area contributed by atoms with E-state index >= 15 is 0 Å². The van der Waals surface area contributed by atoms with Crippen molar-refractivity contribution in [1.82, 2.24) is 9.21 Å². The van der Waals surface area contributed by atoms with Crippen LogP contribution in [0.4, 0.5) is 0 Å². The van der Waals surface area contributed by atoms with Crippen LogP contribution in [-0.4, -0.2) is 81.2 Å². The molecule has 1 N–H and O–H groups in total. The summed E-state index contributed by atoms with van der Waals surface area (Å²) >= 11 is 0. The molecule has 9 heteroatoms. The second-order valence-electron chi connectivity index (χ2n) is 6.37. The Hall–Kier alpha value is -1.68. The summed E-state index contributed by atoms with van der Waals surface area (Å²) in [5, 5.41) is 9.07. The standard InChI is InChI=1S/C16H22N2O6S/c1-23-14-4-2-3-5-15(14)25(21,22)18-7-12-6-17(9-16(19)20)8-13(18)11-24-10-12/h2-5,12-13H,6-11H2,1H3,(H,19,20)/t12-,13-/m0/s1. The number of methoxy groups -OCH3 is 1. The van der Waals surface area contributed by atoms with Gasteiger partial charge in [-0.15, -0.1) is 0 Å². The molecule has 0 saturated carbocycles. The minimum absolute atomic E-state index is 0.0728. The van der Waals surface area contributed by atoms with Gasteiger partial charge in [0.15, 0.2) is 0 Å². The number of fused-ring (bicyclic) bond motifs is 3. The number of para-hydroxylation sites is 1. The summed E-state index contributed by atoms with van der Waals surface area (Å²) in [6.45, 7) is 1.71. The zero-order valence-electron chi connectivity index (χ0n) is 14.0. The van der Waals surface area contributed by atoms with Crippen molar-refractivity contribution < 1.29 is 27.8 Å². The third kappa shape index (κ3) is 3.79. The largest absolute Gasteiger partial charge is 0.495 e. The molecule has 0 radical (unpaired) electrons. The van der Waals surface area contributed by atoms with Gasteiger partial charge in [0.1, 0.15) is 10.6 Å². The fourth-order valence-corrected chi connectivity index (χ4v) is 5.31. The number of rotatable bonds is 5. The Morgan fingerprint density at radius 1 is 1.28 bits per heavy atom. The van der Waals surface area contributed by atoms with E-state index in [9.17, 15) is 13.2 Å². The molecule has 2 aliphatic rings. The SMILES string of the molecule is COc1ccccc1S(=O)(=O)N1C[C@H]2COC[C@@H]1CN(CC(=O)O)C2. The molecule has 3 rings (SSSR count). The number of nitrogens with zero attached hydrogens (tertiary/aromatic N) is 2. The van der Waals surface area contributed by atoms with Crippen LogP contribution < -0.4 is 4.74 Å². The summed E-state index contributed by atoms with van der Waals surface area (Å²) in [5.74, 6) is -0.694. The number of hydrogen-bond acceptors (Lipinski definition) is 6. The number of sulfonamides is 1. The van der Waals surface area contributed by atoms with Gasteiger partial charge in [0.05, 0.1) is 32.9 Å². The zero-order chi connectivity index (χ0) is 18.0. The van der Waals surface area contributed by atoms with E-state index in [1.165, 1.54) is 17.5 Å². The van der Waals surface area contributed by atoms with E-state index < -0.39 is 22.0 Å². The van der Waals surface area contributed by atoms with Gasteiger partial charge in [0.2, 0.25) is 10.0 Å². The maximum atomic E-state index is 13.2. The molecule has 0 unspecified atom stereocenters. The summed E-state index contributed by atoms with van der Waals surface area (Å²) in [5.41, 5.74) is 0. The van der Waals surface area contributed by atoms with E-state index in [1.54, 1.807) is 23.1 Å². The molecule has 2 saturated heterocycles. The van der Waals surface area contributed by atoms with Gasteiger partial charge in [0, 0.05) is 25.6 Å². The van der Waals surface area contributed by atoms with Crippen LogP contribution in [0.5, 0.6) is 5.75 Å². The number of carbonyl (C=O) groups is 1. The lowest BCUT2D eigenvalue weighted by Gasteiger charge is -2.30. The van der Waals surface area contributed by atoms with E-state index in [1.807, 2.05) is 0 Å². The predicted molar refractivity (Wildman–Crippen MR) is 89.1 cm³/mol. The van der Waals surface area contributed by atoms with E-state index in [0.717, 1.165) is 0 Å². The third-order valence-corrected chi connectivity index (χ3v) is 6.47. The van der Waals surface area contributed by atoms with Gasteiger partial charge in [0.25, 0.3) is 0 Å². The Morgan fingerprint density at radius 2 is 2.04 bits per heavy atom. The summed E-state index contributed by atoms with van der Waals surface area (Å²) < 4.78 is 38.8. The number of ether oxygens (including phenoxy) is 2. The molecular weight excluding hydrogens is 348 g/mol. The van der Waals surface area contributed by atoms with E-state index in [2.05, 4.69) is 0 Å². The maximum absolute atomic E-state index is 13.2. The Morgan fingerprint density at radius 3 is 2.76 bits per heavy atom. The fraction of sp³-hybridized carbons (Fsp3) is 0.562. The highest BCUT2D eigenvalue weighted by molar-refractivity contribution is 7.89. The predicted octanol–water partition coefficient (Wildman–Crippen LogP) is 0.101. The van der Waals surface area contributed by atoms with Crippen LogP contribution in [0.25, 0.3) is 0 Å². The van der Waals surface area contributed by atoms with Crippen LogP contribution in [0.1, 0.15) is 0 Å². The Kier molecular flexibility index (Phi) is 5.28. The zero-order valence-corrected chi connectivity index (χ0v) is 14.8. The fourth-order valence-electron chi connectivity index (χ4n) is 3.48. The lowest BCUT2D eigenvalue weighted by Crippen LogP contribution is -2.47. The molecule has 0 spiro atoms. The smallest absolute Gasteiger partial charge is 0.317 e. The first kappa shape index (κ1) is 18.1. The first-order valence-electron chi connectivity index (χ1n) is 8.08. The van der Waals surface area contributed by atoms with Crippen LogP contribution in [-0.2, 0) is 19.6 Å². The monoisotopic (exact) mass is 370 g/mol. The second kappa shape index (κ2) is 7.28. The topological polar surface area (TPSA) is 96.4 Å². The average molecular weight is 370 g/mol. The van der Waals surface area contributed by atoms with Crippen molar-refractivity contribution in [2.45, 2.75) is 10.9 Å². The van der Waals surface area contributed by atoms with Gasteiger partial charge in [-0.05, 0) is 12.1 Å². The van der Waals surface area contributed by atoms with Gasteiger partial charge in [-0.1, -0.05) is 12.1 Å². The second-order valence-corrected chi connectivity index (χ2v) is 8.23. The molecule has 2 atom stereocenters. The normalized spacial score (nSPS) is 25.3. The van der Waals surface area contributed by atoms with E-state index in [0.29, 0.717) is 32.0 Å². The lowest BCUT2D eigenvalue weighted by molar-refractivity contribution is -0.138. The van der Waals surface area contributed by atoms with Gasteiger partial charge in [-0.3, -0.25) is 9.69 Å². The minimum atomic E-state index is -3.78. The van der Waals surface area contributed by atoms with Gasteiger partial charge < -0.3 is 14.6 Å². The molecule has 8 nitrogen and oxygen atoms in total. The van der Waals surface area contributed by atoms with Crippen molar-refractivity contribution in [3.63, 3.8) is 0 Å². The van der Waals surface area contributed by atoms with Gasteiger partial charge in [-0.2, -0.15) is 4.31 Å². The lowest BCUT2D eigenvalue weighted by atomic mass is 10.1. The van der Waals surface area contributed by atoms with Crippen molar-refractivity contribution in [2.75, 3.05) is 46.5 Å². The highest BCUT2D eigenvalue weighted by atomic mass is 32.2. The summed E-state index contributed by atoms with van der Waals surface area (Å²) in [4.78, 5) is 13.0. The molecule has 1 aromatic carbocycles. The Labute approximate surface area is 147 Å². The van der Waals surface area contributed by atoms with Crippen LogP contribution in [0.2, 0.25) is 0 Å². The van der Waals surface area contributed by atoms with Crippen LogP contribution in [0.15, 0.2) is 29.2 Å². The van der Waals surface area contributed by atoms with E-state index in [-0.39, 0.29) is 24.0 Å². The molecule has 1 aromatic rings. The van der Waals surface area contributed by atoms with Crippen molar-refractivity contribution in [2.24, 2.45) is 5.92 Å². The molecule has 2 fully saturated rings. The van der Waals surface area contributed by atoms with Gasteiger partial charge >= 0.3 is 5.97 Å². The van der Waals surface area contributed by atoms with E-state index in [4.69, 9.17) is 14.6 Å². The van der Waals surface area contributed by atoms with Crippen molar-refractivity contribution in [3.8, 4) is 5.75 Å². The van der Waals surface area contributed by atoms with Crippen LogP contribution in [0.3, 0.4) is 0 Å². The van der Waals surface area contributed by atoms with Crippen LogP contribution in [0, 0.1) is 5.92 Å². The average Bonchev–Trinajstić information content (AvgIpc) is 2.85. The first-order valence-corrected chi connectivity index (χ1v) is 9.52. The maximum Gasteiger partial charge on any atom is 0.317 e. The summed E-state index contributed by atoms with van der Waals surface area (Å²) in [6.07, 6.45) is 0. The molecule has 138 valence electrons. The van der Waals surface area contributed by atoms with Crippen molar-refractivity contribution in [3.05, 3.63) is 24.3 Å². The summed E-state index contributed by atoms with van der Waals surface area (Å²) in [6, 6.07) is 6.09. The number of benzene rings is 1. The molecule has 0 aromatic heterocycles. The van der Waals surface area contributed by atoms with Crippen molar-refractivity contribution >= 4 is 16.0 Å². The Balaban J connectivity index is 1.94. The number of hydrogen-bond donors (Lipinski definition) is 1. The minimum Gasteiger partial charge on any atom is -0.495 e. The van der Waals surface area contributed by atoms with Crippen LogP contribution >= 0.6 is 0 Å². The molecule has 2 heterocycles. The summed E-state index contributed by atoms with van der Waals surface area (Å²) in [7, 11) is -2.34. The highest BCUT2D eigenvalue weighted by Crippen LogP contribution is 2.31. The number of carboxylic acid groups (broad SMARTS) is 1.